The summed E-state index contributed by atoms with van der Waals surface area (Å²) in [7, 11) is 1.66. The zero-order chi connectivity index (χ0) is 12.4. The van der Waals surface area contributed by atoms with Gasteiger partial charge in [0.25, 0.3) is 0 Å². The van der Waals surface area contributed by atoms with Crippen LogP contribution < -0.4 is 0 Å². The summed E-state index contributed by atoms with van der Waals surface area (Å²) in [5.74, 6) is -1.07. The number of carboxylic acid groups (broad SMARTS) is 1. The van der Waals surface area contributed by atoms with Crippen molar-refractivity contribution in [3.8, 4) is 0 Å². The zero-order valence-electron chi connectivity index (χ0n) is 10.1. The molecule has 0 radical (unpaired) electrons. The SMILES string of the molecule is COC1CCN(C(=O)C2CCC(C(=O)O)C2)C1. The van der Waals surface area contributed by atoms with Crippen LogP contribution in [-0.4, -0.2) is 48.2 Å². The van der Waals surface area contributed by atoms with Crippen LogP contribution in [0.5, 0.6) is 0 Å². The summed E-state index contributed by atoms with van der Waals surface area (Å²) in [6, 6.07) is 0. The molecular weight excluding hydrogens is 222 g/mol. The Kier molecular flexibility index (Phi) is 3.66. The van der Waals surface area contributed by atoms with Crippen LogP contribution in [0.1, 0.15) is 25.7 Å². The number of carbonyl (C=O) groups excluding carboxylic acids is 1. The van der Waals surface area contributed by atoms with Crippen molar-refractivity contribution in [2.75, 3.05) is 20.2 Å². The first-order valence-corrected chi connectivity index (χ1v) is 6.16. The van der Waals surface area contributed by atoms with Crippen molar-refractivity contribution >= 4 is 11.9 Å². The molecule has 3 unspecified atom stereocenters. The summed E-state index contributed by atoms with van der Waals surface area (Å²) >= 11 is 0. The lowest BCUT2D eigenvalue weighted by molar-refractivity contribution is -0.141. The minimum Gasteiger partial charge on any atom is -0.481 e. The van der Waals surface area contributed by atoms with E-state index in [2.05, 4.69) is 0 Å². The summed E-state index contributed by atoms with van der Waals surface area (Å²) in [5, 5.41) is 8.91. The van der Waals surface area contributed by atoms with Gasteiger partial charge in [-0.2, -0.15) is 0 Å². The molecule has 2 aliphatic rings. The maximum atomic E-state index is 12.2. The van der Waals surface area contributed by atoms with E-state index < -0.39 is 5.97 Å². The van der Waals surface area contributed by atoms with Crippen LogP contribution in [0, 0.1) is 11.8 Å². The largest absolute Gasteiger partial charge is 0.481 e. The minimum atomic E-state index is -0.767. The minimum absolute atomic E-state index is 0.0910. The Hall–Kier alpha value is -1.10. The fourth-order valence-electron chi connectivity index (χ4n) is 2.81. The standard InChI is InChI=1S/C12H19NO4/c1-17-10-4-5-13(7-10)11(14)8-2-3-9(6-8)12(15)16/h8-10H,2-7H2,1H3,(H,15,16). The van der Waals surface area contributed by atoms with E-state index in [9.17, 15) is 9.59 Å². The van der Waals surface area contributed by atoms with E-state index in [0.717, 1.165) is 13.0 Å². The number of amides is 1. The van der Waals surface area contributed by atoms with Crippen LogP contribution in [0.15, 0.2) is 0 Å². The molecule has 0 spiro atoms. The molecule has 0 aromatic carbocycles. The second kappa shape index (κ2) is 5.04. The number of nitrogens with zero attached hydrogens (tertiary/aromatic N) is 1. The second-order valence-corrected chi connectivity index (χ2v) is 4.98. The van der Waals surface area contributed by atoms with Crippen molar-refractivity contribution in [3.63, 3.8) is 0 Å². The Labute approximate surface area is 101 Å². The molecule has 2 rings (SSSR count). The first kappa shape index (κ1) is 12.4. The van der Waals surface area contributed by atoms with Crippen molar-refractivity contribution in [3.05, 3.63) is 0 Å². The van der Waals surface area contributed by atoms with Gasteiger partial charge < -0.3 is 14.7 Å². The quantitative estimate of drug-likeness (QED) is 0.791. The third-order valence-corrected chi connectivity index (χ3v) is 3.92. The average Bonchev–Trinajstić information content (AvgIpc) is 2.97. The van der Waals surface area contributed by atoms with Crippen molar-refractivity contribution in [1.29, 1.82) is 0 Å². The lowest BCUT2D eigenvalue weighted by Gasteiger charge is -2.20. The second-order valence-electron chi connectivity index (χ2n) is 4.98. The van der Waals surface area contributed by atoms with Crippen LogP contribution >= 0.6 is 0 Å². The van der Waals surface area contributed by atoms with Gasteiger partial charge in [0.15, 0.2) is 0 Å². The lowest BCUT2D eigenvalue weighted by Crippen LogP contribution is -2.34. The van der Waals surface area contributed by atoms with E-state index >= 15 is 0 Å². The Morgan fingerprint density at radius 2 is 1.94 bits per heavy atom. The molecule has 1 amide bonds. The van der Waals surface area contributed by atoms with Gasteiger partial charge >= 0.3 is 5.97 Å². The number of hydrogen-bond acceptors (Lipinski definition) is 3. The Balaban J connectivity index is 1.87. The third-order valence-electron chi connectivity index (χ3n) is 3.92. The molecular formula is C12H19NO4. The lowest BCUT2D eigenvalue weighted by atomic mass is 10.0. The van der Waals surface area contributed by atoms with Crippen LogP contribution in [0.3, 0.4) is 0 Å². The Morgan fingerprint density at radius 1 is 1.24 bits per heavy atom. The highest BCUT2D eigenvalue weighted by Crippen LogP contribution is 2.33. The zero-order valence-corrected chi connectivity index (χ0v) is 10.1. The molecule has 1 heterocycles. The molecule has 5 nitrogen and oxygen atoms in total. The van der Waals surface area contributed by atoms with Crippen molar-refractivity contribution < 1.29 is 19.4 Å². The van der Waals surface area contributed by atoms with Crippen LogP contribution in [0.2, 0.25) is 0 Å². The van der Waals surface area contributed by atoms with E-state index in [1.54, 1.807) is 7.11 Å². The number of likely N-dealkylation sites (tertiary alicyclic amines) is 1. The Morgan fingerprint density at radius 3 is 2.47 bits per heavy atom. The molecule has 1 saturated carbocycles. The van der Waals surface area contributed by atoms with Gasteiger partial charge in [0, 0.05) is 26.1 Å². The van der Waals surface area contributed by atoms with Gasteiger partial charge in [-0.1, -0.05) is 0 Å². The molecule has 1 N–H and O–H groups in total. The fraction of sp³-hybridized carbons (Fsp3) is 0.833. The summed E-state index contributed by atoms with van der Waals surface area (Å²) < 4.78 is 5.23. The maximum Gasteiger partial charge on any atom is 0.306 e. The number of carbonyl (C=O) groups is 2. The maximum absolute atomic E-state index is 12.2. The molecule has 2 fully saturated rings. The average molecular weight is 241 g/mol. The predicted molar refractivity (Wildman–Crippen MR) is 60.5 cm³/mol. The highest BCUT2D eigenvalue weighted by atomic mass is 16.5. The van der Waals surface area contributed by atoms with Crippen molar-refractivity contribution in [2.24, 2.45) is 11.8 Å². The van der Waals surface area contributed by atoms with Gasteiger partial charge in [-0.15, -0.1) is 0 Å². The van der Waals surface area contributed by atoms with E-state index in [-0.39, 0.29) is 23.8 Å². The van der Waals surface area contributed by atoms with Gasteiger partial charge in [-0.3, -0.25) is 9.59 Å². The van der Waals surface area contributed by atoms with Crippen LogP contribution in [0.4, 0.5) is 0 Å². The number of hydrogen-bond donors (Lipinski definition) is 1. The molecule has 3 atom stereocenters. The summed E-state index contributed by atoms with van der Waals surface area (Å²) in [6.45, 7) is 1.40. The van der Waals surface area contributed by atoms with Gasteiger partial charge in [-0.25, -0.2) is 0 Å². The number of aliphatic carboxylic acids is 1. The van der Waals surface area contributed by atoms with E-state index in [0.29, 0.717) is 25.8 Å². The van der Waals surface area contributed by atoms with Gasteiger partial charge in [0.2, 0.25) is 5.91 Å². The van der Waals surface area contributed by atoms with E-state index in [1.807, 2.05) is 4.90 Å². The van der Waals surface area contributed by atoms with Crippen molar-refractivity contribution in [2.45, 2.75) is 31.8 Å². The first-order chi connectivity index (χ1) is 8.11. The molecule has 17 heavy (non-hydrogen) atoms. The molecule has 1 aliphatic carbocycles. The van der Waals surface area contributed by atoms with Crippen molar-refractivity contribution in [1.82, 2.24) is 4.90 Å². The highest BCUT2D eigenvalue weighted by Gasteiger charge is 2.37. The molecule has 5 heteroatoms. The summed E-state index contributed by atoms with van der Waals surface area (Å²) in [4.78, 5) is 24.8. The van der Waals surface area contributed by atoms with E-state index in [4.69, 9.17) is 9.84 Å². The van der Waals surface area contributed by atoms with Gasteiger partial charge in [0.05, 0.1) is 12.0 Å². The molecule has 96 valence electrons. The molecule has 0 bridgehead atoms. The predicted octanol–water partition coefficient (Wildman–Crippen LogP) is 0.735. The monoisotopic (exact) mass is 241 g/mol. The van der Waals surface area contributed by atoms with Crippen LogP contribution in [-0.2, 0) is 14.3 Å². The topological polar surface area (TPSA) is 66.8 Å². The van der Waals surface area contributed by atoms with Gasteiger partial charge in [-0.05, 0) is 25.7 Å². The van der Waals surface area contributed by atoms with Crippen LogP contribution in [0.25, 0.3) is 0 Å². The van der Waals surface area contributed by atoms with E-state index in [1.165, 1.54) is 0 Å². The summed E-state index contributed by atoms with van der Waals surface area (Å²) in [6.07, 6.45) is 2.88. The molecule has 1 saturated heterocycles. The highest BCUT2D eigenvalue weighted by molar-refractivity contribution is 5.81. The number of ether oxygens (including phenoxy) is 1. The third kappa shape index (κ3) is 2.60. The molecule has 1 aliphatic heterocycles. The first-order valence-electron chi connectivity index (χ1n) is 6.16. The number of carboxylic acids is 1. The molecule has 0 aromatic rings. The number of methoxy groups -OCH3 is 1. The van der Waals surface area contributed by atoms with Gasteiger partial charge in [0.1, 0.15) is 0 Å². The number of rotatable bonds is 3. The smallest absolute Gasteiger partial charge is 0.306 e. The normalized spacial score (nSPS) is 33.0. The molecule has 0 aromatic heterocycles. The fourth-order valence-corrected chi connectivity index (χ4v) is 2.81. The summed E-state index contributed by atoms with van der Waals surface area (Å²) in [5.41, 5.74) is 0. The Bertz CT molecular complexity index is 318.